The Morgan fingerprint density at radius 3 is 2.61 bits per heavy atom. The number of nitrogens with two attached hydrogens (primary N) is 1. The first-order valence-corrected chi connectivity index (χ1v) is 7.01. The first kappa shape index (κ1) is 16.4. The van der Waals surface area contributed by atoms with Crippen LogP contribution < -0.4 is 11.1 Å². The Balaban J connectivity index is 1.94. The van der Waals surface area contributed by atoms with Crippen molar-refractivity contribution in [1.29, 1.82) is 0 Å². The van der Waals surface area contributed by atoms with Crippen LogP contribution in [0.2, 0.25) is 0 Å². The third-order valence-electron chi connectivity index (χ3n) is 3.30. The zero-order valence-corrected chi connectivity index (χ0v) is 12.3. The first-order chi connectivity index (χ1) is 11.0. The van der Waals surface area contributed by atoms with Gasteiger partial charge in [-0.15, -0.1) is 0 Å². The van der Waals surface area contributed by atoms with Gasteiger partial charge in [0, 0.05) is 24.6 Å². The number of nitro groups is 1. The largest absolute Gasteiger partial charge is 0.393 e. The van der Waals surface area contributed by atoms with Crippen LogP contribution in [0, 0.1) is 10.1 Å². The van der Waals surface area contributed by atoms with Gasteiger partial charge in [-0.1, -0.05) is 30.3 Å². The summed E-state index contributed by atoms with van der Waals surface area (Å²) in [6, 6.07) is 13.2. The van der Waals surface area contributed by atoms with Crippen molar-refractivity contribution in [3.63, 3.8) is 0 Å². The summed E-state index contributed by atoms with van der Waals surface area (Å²) in [5.41, 5.74) is 6.24. The van der Waals surface area contributed by atoms with E-state index >= 15 is 0 Å². The number of carbonyl (C=O) groups excluding carboxylic acids is 1. The number of anilines is 1. The maximum atomic E-state index is 12.0. The minimum atomic E-state index is -0.745. The van der Waals surface area contributed by atoms with E-state index in [4.69, 9.17) is 5.73 Å². The molecule has 2 aromatic carbocycles. The predicted molar refractivity (Wildman–Crippen MR) is 86.0 cm³/mol. The summed E-state index contributed by atoms with van der Waals surface area (Å²) in [6.07, 6.45) is -0.340. The van der Waals surface area contributed by atoms with Gasteiger partial charge < -0.3 is 16.2 Å². The van der Waals surface area contributed by atoms with Crippen molar-refractivity contribution in [2.24, 2.45) is 0 Å². The van der Waals surface area contributed by atoms with Crippen LogP contribution in [0.3, 0.4) is 0 Å². The average molecular weight is 315 g/mol. The number of rotatable bonds is 6. The fraction of sp³-hybridized carbons (Fsp3) is 0.188. The molecular formula is C16H17N3O4. The second-order valence-electron chi connectivity index (χ2n) is 5.08. The van der Waals surface area contributed by atoms with Crippen LogP contribution in [-0.4, -0.2) is 28.6 Å². The molecule has 0 heterocycles. The number of nitrogens with zero attached hydrogens (tertiary/aromatic N) is 1. The number of aliphatic hydroxyl groups excluding tert-OH is 1. The standard InChI is InChI=1S/C16H17N3O4/c17-14-7-6-12(9-15(14)19(22)23)16(21)18-10-13(20)8-11-4-2-1-3-5-11/h1-7,9,13,20H,8,10,17H2,(H,18,21). The number of nitrogens with one attached hydrogen (secondary N) is 1. The number of amides is 1. The average Bonchev–Trinajstić information content (AvgIpc) is 2.53. The minimum Gasteiger partial charge on any atom is -0.393 e. The molecule has 0 spiro atoms. The quantitative estimate of drug-likeness (QED) is 0.424. The van der Waals surface area contributed by atoms with Gasteiger partial charge in [-0.3, -0.25) is 14.9 Å². The molecule has 4 N–H and O–H groups in total. The summed E-state index contributed by atoms with van der Waals surface area (Å²) in [4.78, 5) is 22.2. The molecule has 2 aromatic rings. The van der Waals surface area contributed by atoms with E-state index in [9.17, 15) is 20.0 Å². The maximum absolute atomic E-state index is 12.0. The number of hydrogen-bond acceptors (Lipinski definition) is 5. The second-order valence-corrected chi connectivity index (χ2v) is 5.08. The summed E-state index contributed by atoms with van der Waals surface area (Å²) in [7, 11) is 0. The lowest BCUT2D eigenvalue weighted by Gasteiger charge is -2.12. The Morgan fingerprint density at radius 1 is 1.26 bits per heavy atom. The van der Waals surface area contributed by atoms with Gasteiger partial charge in [0.1, 0.15) is 5.69 Å². The number of carbonyl (C=O) groups is 1. The van der Waals surface area contributed by atoms with Crippen LogP contribution in [0.4, 0.5) is 11.4 Å². The Bertz CT molecular complexity index is 704. The highest BCUT2D eigenvalue weighted by Gasteiger charge is 2.16. The molecule has 1 unspecified atom stereocenters. The number of aliphatic hydroxyl groups is 1. The number of nitro benzene ring substituents is 1. The molecule has 1 atom stereocenters. The van der Waals surface area contributed by atoms with Crippen LogP contribution >= 0.6 is 0 Å². The molecule has 0 saturated heterocycles. The van der Waals surface area contributed by atoms with E-state index in [0.717, 1.165) is 11.6 Å². The van der Waals surface area contributed by atoms with E-state index in [1.165, 1.54) is 12.1 Å². The van der Waals surface area contributed by atoms with Gasteiger partial charge in [0.2, 0.25) is 0 Å². The van der Waals surface area contributed by atoms with E-state index in [0.29, 0.717) is 6.42 Å². The van der Waals surface area contributed by atoms with E-state index in [1.807, 2.05) is 30.3 Å². The van der Waals surface area contributed by atoms with Crippen LogP contribution in [0.1, 0.15) is 15.9 Å². The van der Waals surface area contributed by atoms with Crippen molar-refractivity contribution >= 4 is 17.3 Å². The maximum Gasteiger partial charge on any atom is 0.292 e. The molecule has 0 fully saturated rings. The van der Waals surface area contributed by atoms with Crippen molar-refractivity contribution in [2.75, 3.05) is 12.3 Å². The smallest absolute Gasteiger partial charge is 0.292 e. The van der Waals surface area contributed by atoms with Gasteiger partial charge in [-0.25, -0.2) is 0 Å². The Kier molecular flexibility index (Phi) is 5.27. The van der Waals surface area contributed by atoms with Gasteiger partial charge in [0.25, 0.3) is 11.6 Å². The van der Waals surface area contributed by atoms with Gasteiger partial charge >= 0.3 is 0 Å². The summed E-state index contributed by atoms with van der Waals surface area (Å²) >= 11 is 0. The first-order valence-electron chi connectivity index (χ1n) is 7.01. The molecule has 0 radical (unpaired) electrons. The summed E-state index contributed by atoms with van der Waals surface area (Å²) in [5, 5.41) is 23.3. The van der Waals surface area contributed by atoms with E-state index < -0.39 is 16.9 Å². The molecule has 7 nitrogen and oxygen atoms in total. The monoisotopic (exact) mass is 315 g/mol. The van der Waals surface area contributed by atoms with Crippen molar-refractivity contribution in [2.45, 2.75) is 12.5 Å². The SMILES string of the molecule is Nc1ccc(C(=O)NCC(O)Cc2ccccc2)cc1[N+](=O)[O-]. The van der Waals surface area contributed by atoms with Gasteiger partial charge in [-0.2, -0.15) is 0 Å². The zero-order valence-electron chi connectivity index (χ0n) is 12.3. The van der Waals surface area contributed by atoms with Crippen LogP contribution in [0.15, 0.2) is 48.5 Å². The molecular weight excluding hydrogens is 298 g/mol. The van der Waals surface area contributed by atoms with Crippen LogP contribution in [-0.2, 0) is 6.42 Å². The highest BCUT2D eigenvalue weighted by Crippen LogP contribution is 2.22. The number of benzene rings is 2. The molecule has 120 valence electrons. The fourth-order valence-electron chi connectivity index (χ4n) is 2.11. The molecule has 0 saturated carbocycles. The molecule has 0 bridgehead atoms. The van der Waals surface area contributed by atoms with Gasteiger partial charge in [-0.05, 0) is 17.7 Å². The number of hydrogen-bond donors (Lipinski definition) is 3. The summed E-state index contributed by atoms with van der Waals surface area (Å²) < 4.78 is 0. The molecule has 0 aliphatic rings. The Hall–Kier alpha value is -2.93. The van der Waals surface area contributed by atoms with E-state index in [1.54, 1.807) is 0 Å². The van der Waals surface area contributed by atoms with Crippen molar-refractivity contribution in [3.8, 4) is 0 Å². The normalized spacial score (nSPS) is 11.7. The van der Waals surface area contributed by atoms with Crippen molar-refractivity contribution in [1.82, 2.24) is 5.32 Å². The molecule has 0 aliphatic carbocycles. The topological polar surface area (TPSA) is 118 Å². The fourth-order valence-corrected chi connectivity index (χ4v) is 2.11. The van der Waals surface area contributed by atoms with Crippen molar-refractivity contribution < 1.29 is 14.8 Å². The zero-order chi connectivity index (χ0) is 16.8. The van der Waals surface area contributed by atoms with Crippen LogP contribution in [0.5, 0.6) is 0 Å². The molecule has 0 aliphatic heterocycles. The van der Waals surface area contributed by atoms with Gasteiger partial charge in [0.15, 0.2) is 0 Å². The lowest BCUT2D eigenvalue weighted by atomic mass is 10.1. The molecule has 0 aromatic heterocycles. The van der Waals surface area contributed by atoms with E-state index in [-0.39, 0.29) is 23.5 Å². The van der Waals surface area contributed by atoms with Gasteiger partial charge in [0.05, 0.1) is 11.0 Å². The second kappa shape index (κ2) is 7.37. The predicted octanol–water partition coefficient (Wildman–Crippen LogP) is 1.51. The minimum absolute atomic E-state index is 0.00402. The Labute approximate surface area is 132 Å². The highest BCUT2D eigenvalue weighted by atomic mass is 16.6. The molecule has 7 heteroatoms. The lowest BCUT2D eigenvalue weighted by molar-refractivity contribution is -0.383. The van der Waals surface area contributed by atoms with E-state index in [2.05, 4.69) is 5.32 Å². The van der Waals surface area contributed by atoms with Crippen LogP contribution in [0.25, 0.3) is 0 Å². The Morgan fingerprint density at radius 2 is 1.96 bits per heavy atom. The lowest BCUT2D eigenvalue weighted by Crippen LogP contribution is -2.33. The third kappa shape index (κ3) is 4.52. The molecule has 2 rings (SSSR count). The third-order valence-corrected chi connectivity index (χ3v) is 3.30. The summed E-state index contributed by atoms with van der Waals surface area (Å²) in [6.45, 7) is 0.0475. The summed E-state index contributed by atoms with van der Waals surface area (Å²) in [5.74, 6) is -0.500. The number of nitrogen functional groups attached to an aromatic ring is 1. The molecule has 23 heavy (non-hydrogen) atoms. The van der Waals surface area contributed by atoms with Crippen molar-refractivity contribution in [3.05, 3.63) is 69.8 Å². The molecule has 1 amide bonds. The highest BCUT2D eigenvalue weighted by molar-refractivity contribution is 5.95.